The standard InChI is InChI=1S/C28H36ClN3O5/c1-7-9-20(29)12-10-18(3)19-11-13-22-21(14-19)27(37)31(6)23(26(36)30-22)17-32(8-2)24(33)15-28(4,5)16-25(34)35/h9-14,23H,3,7-8,15-17H2,1-2,4-6H3,(H,30,36)(H,34,35). The average molecular weight is 530 g/mol. The lowest BCUT2D eigenvalue weighted by molar-refractivity contribution is -0.140. The first-order valence-corrected chi connectivity index (χ1v) is 12.6. The van der Waals surface area contributed by atoms with Gasteiger partial charge in [0.2, 0.25) is 11.8 Å². The first kappa shape index (κ1) is 29.8. The average Bonchev–Trinajstić information content (AvgIpc) is 2.89. The summed E-state index contributed by atoms with van der Waals surface area (Å²) in [5.74, 6) is -2.03. The molecule has 0 radical (unpaired) electrons. The highest BCUT2D eigenvalue weighted by atomic mass is 35.5. The van der Waals surface area contributed by atoms with Gasteiger partial charge in [0.1, 0.15) is 6.04 Å². The van der Waals surface area contributed by atoms with E-state index >= 15 is 0 Å². The number of aliphatic carboxylic acids is 1. The van der Waals surface area contributed by atoms with E-state index in [-0.39, 0.29) is 31.2 Å². The summed E-state index contributed by atoms with van der Waals surface area (Å²) in [6.45, 7) is 11.5. The zero-order valence-electron chi connectivity index (χ0n) is 22.1. The molecule has 1 aliphatic rings. The van der Waals surface area contributed by atoms with Gasteiger partial charge >= 0.3 is 5.97 Å². The molecule has 0 aliphatic carbocycles. The molecule has 1 atom stereocenters. The number of carbonyl (C=O) groups excluding carboxylic acids is 3. The number of allylic oxidation sites excluding steroid dienone is 5. The fraction of sp³-hybridized carbons (Fsp3) is 0.429. The Labute approximate surface area is 223 Å². The number of anilines is 1. The van der Waals surface area contributed by atoms with Crippen molar-refractivity contribution >= 4 is 46.6 Å². The molecule has 0 bridgehead atoms. The fourth-order valence-electron chi connectivity index (χ4n) is 4.11. The monoisotopic (exact) mass is 529 g/mol. The Bertz CT molecular complexity index is 1140. The second-order valence-corrected chi connectivity index (χ2v) is 10.3. The Morgan fingerprint density at radius 1 is 1.22 bits per heavy atom. The lowest BCUT2D eigenvalue weighted by Gasteiger charge is -2.32. The summed E-state index contributed by atoms with van der Waals surface area (Å²) >= 11 is 6.13. The number of benzene rings is 1. The second-order valence-electron chi connectivity index (χ2n) is 9.88. The molecule has 200 valence electrons. The van der Waals surface area contributed by atoms with Crippen molar-refractivity contribution in [1.82, 2.24) is 9.80 Å². The molecule has 1 aliphatic heterocycles. The van der Waals surface area contributed by atoms with Gasteiger partial charge in [-0.15, -0.1) is 0 Å². The number of amides is 3. The minimum Gasteiger partial charge on any atom is -0.481 e. The summed E-state index contributed by atoms with van der Waals surface area (Å²) in [5, 5.41) is 12.5. The largest absolute Gasteiger partial charge is 0.481 e. The number of fused-ring (bicyclic) bond motifs is 1. The van der Waals surface area contributed by atoms with Crippen molar-refractivity contribution in [3.05, 3.63) is 59.2 Å². The van der Waals surface area contributed by atoms with Crippen molar-refractivity contribution in [1.29, 1.82) is 0 Å². The van der Waals surface area contributed by atoms with Gasteiger partial charge in [0.15, 0.2) is 0 Å². The minimum absolute atomic E-state index is 0.00882. The van der Waals surface area contributed by atoms with Crippen molar-refractivity contribution in [2.75, 3.05) is 25.5 Å². The maximum atomic E-state index is 13.4. The van der Waals surface area contributed by atoms with Gasteiger partial charge in [-0.25, -0.2) is 0 Å². The zero-order valence-corrected chi connectivity index (χ0v) is 22.9. The molecule has 1 aromatic rings. The fourth-order valence-corrected chi connectivity index (χ4v) is 4.32. The molecule has 2 rings (SSSR count). The number of hydrogen-bond donors (Lipinski definition) is 2. The third kappa shape index (κ3) is 8.05. The Morgan fingerprint density at radius 2 is 1.89 bits per heavy atom. The van der Waals surface area contributed by atoms with Crippen LogP contribution in [-0.2, 0) is 14.4 Å². The molecule has 1 unspecified atom stereocenters. The molecule has 8 nitrogen and oxygen atoms in total. The lowest BCUT2D eigenvalue weighted by Crippen LogP contribution is -2.51. The van der Waals surface area contributed by atoms with Crippen molar-refractivity contribution in [3.8, 4) is 0 Å². The number of nitrogens with zero attached hydrogens (tertiary/aromatic N) is 2. The molecular formula is C28H36ClN3O5. The third-order valence-electron chi connectivity index (χ3n) is 6.20. The highest BCUT2D eigenvalue weighted by Gasteiger charge is 2.36. The molecule has 0 saturated carbocycles. The first-order valence-electron chi connectivity index (χ1n) is 12.2. The van der Waals surface area contributed by atoms with Crippen molar-refractivity contribution in [2.45, 2.75) is 53.0 Å². The van der Waals surface area contributed by atoms with Crippen molar-refractivity contribution < 1.29 is 24.3 Å². The van der Waals surface area contributed by atoms with Gasteiger partial charge in [-0.05, 0) is 48.1 Å². The highest BCUT2D eigenvalue weighted by molar-refractivity contribution is 6.31. The second kappa shape index (κ2) is 12.7. The number of hydrogen-bond acceptors (Lipinski definition) is 4. The number of rotatable bonds is 11. The van der Waals surface area contributed by atoms with Crippen LogP contribution in [0.2, 0.25) is 0 Å². The van der Waals surface area contributed by atoms with Gasteiger partial charge < -0.3 is 20.2 Å². The lowest BCUT2D eigenvalue weighted by atomic mass is 9.85. The molecule has 0 aromatic heterocycles. The summed E-state index contributed by atoms with van der Waals surface area (Å²) in [6, 6.07) is 4.19. The first-order chi connectivity index (χ1) is 17.3. The topological polar surface area (TPSA) is 107 Å². The van der Waals surface area contributed by atoms with Crippen LogP contribution in [0.4, 0.5) is 5.69 Å². The Balaban J connectivity index is 2.26. The van der Waals surface area contributed by atoms with E-state index in [9.17, 15) is 19.2 Å². The molecule has 3 amide bonds. The molecule has 1 aromatic carbocycles. The number of carbonyl (C=O) groups is 4. The van der Waals surface area contributed by atoms with Crippen LogP contribution in [0.25, 0.3) is 5.57 Å². The summed E-state index contributed by atoms with van der Waals surface area (Å²) in [4.78, 5) is 53.5. The minimum atomic E-state index is -0.981. The quantitative estimate of drug-likeness (QED) is 0.396. The smallest absolute Gasteiger partial charge is 0.303 e. The molecule has 37 heavy (non-hydrogen) atoms. The van der Waals surface area contributed by atoms with Crippen LogP contribution < -0.4 is 5.32 Å². The van der Waals surface area contributed by atoms with E-state index in [1.807, 2.05) is 13.0 Å². The molecule has 0 fully saturated rings. The van der Waals surface area contributed by atoms with Crippen LogP contribution in [-0.4, -0.2) is 64.8 Å². The summed E-state index contributed by atoms with van der Waals surface area (Å²) in [7, 11) is 1.53. The Kier molecular flexibility index (Phi) is 10.3. The summed E-state index contributed by atoms with van der Waals surface area (Å²) in [5.41, 5.74) is 1.31. The van der Waals surface area contributed by atoms with Gasteiger partial charge in [0.05, 0.1) is 24.2 Å². The zero-order chi connectivity index (χ0) is 27.9. The maximum absolute atomic E-state index is 13.4. The van der Waals surface area contributed by atoms with Gasteiger partial charge in [-0.2, -0.15) is 0 Å². The number of nitrogens with one attached hydrogen (secondary N) is 1. The predicted octanol–water partition coefficient (Wildman–Crippen LogP) is 4.92. The summed E-state index contributed by atoms with van der Waals surface area (Å²) < 4.78 is 0. The molecule has 0 spiro atoms. The Morgan fingerprint density at radius 3 is 2.49 bits per heavy atom. The maximum Gasteiger partial charge on any atom is 0.303 e. The van der Waals surface area contributed by atoms with Gasteiger partial charge in [0, 0.05) is 25.0 Å². The molecule has 1 heterocycles. The molecule has 2 N–H and O–H groups in total. The van der Waals surface area contributed by atoms with E-state index in [2.05, 4.69) is 11.9 Å². The van der Waals surface area contributed by atoms with Crippen LogP contribution in [0.3, 0.4) is 0 Å². The van der Waals surface area contributed by atoms with E-state index in [1.165, 1.54) is 16.8 Å². The highest BCUT2D eigenvalue weighted by Crippen LogP contribution is 2.29. The van der Waals surface area contributed by atoms with Crippen LogP contribution in [0.1, 0.15) is 62.9 Å². The number of carboxylic acid groups (broad SMARTS) is 1. The van der Waals surface area contributed by atoms with Gasteiger partial charge in [0.25, 0.3) is 5.91 Å². The van der Waals surface area contributed by atoms with E-state index in [0.29, 0.717) is 34.0 Å². The van der Waals surface area contributed by atoms with Gasteiger partial charge in [-0.3, -0.25) is 19.2 Å². The van der Waals surface area contributed by atoms with E-state index in [1.54, 1.807) is 51.1 Å². The number of carboxylic acids is 1. The SMILES string of the molecule is C=C(C=CC(Cl)=CCC)c1ccc2c(c1)C(=O)N(C)C(CN(CC)C(=O)CC(C)(C)CC(=O)O)C(=O)N2. The van der Waals surface area contributed by atoms with Crippen molar-refractivity contribution in [3.63, 3.8) is 0 Å². The van der Waals surface area contributed by atoms with Crippen LogP contribution in [0.5, 0.6) is 0 Å². The van der Waals surface area contributed by atoms with Crippen LogP contribution >= 0.6 is 11.6 Å². The number of halogens is 1. The van der Waals surface area contributed by atoms with Gasteiger partial charge in [-0.1, -0.05) is 57.2 Å². The van der Waals surface area contributed by atoms with E-state index in [4.69, 9.17) is 16.7 Å². The molecule has 9 heteroatoms. The van der Waals surface area contributed by atoms with Crippen molar-refractivity contribution in [2.24, 2.45) is 5.41 Å². The summed E-state index contributed by atoms with van der Waals surface area (Å²) in [6.07, 6.45) is 6.02. The predicted molar refractivity (Wildman–Crippen MR) is 146 cm³/mol. The normalized spacial score (nSPS) is 16.3. The van der Waals surface area contributed by atoms with Crippen LogP contribution in [0, 0.1) is 5.41 Å². The third-order valence-corrected chi connectivity index (χ3v) is 6.48. The number of likely N-dealkylation sites (N-methyl/N-ethyl adjacent to an activating group) is 2. The molecular weight excluding hydrogens is 494 g/mol. The van der Waals surface area contributed by atoms with E-state index < -0.39 is 23.3 Å². The Hall–Kier alpha value is -3.39. The molecule has 0 saturated heterocycles. The van der Waals surface area contributed by atoms with Crippen LogP contribution in [0.15, 0.2) is 48.0 Å². The van der Waals surface area contributed by atoms with E-state index in [0.717, 1.165) is 6.42 Å².